The summed E-state index contributed by atoms with van der Waals surface area (Å²) in [5.41, 5.74) is 0.983. The predicted molar refractivity (Wildman–Crippen MR) is 50.1 cm³/mol. The molecule has 0 aromatic heterocycles. The van der Waals surface area contributed by atoms with E-state index in [0.717, 1.165) is 5.56 Å². The van der Waals surface area contributed by atoms with Gasteiger partial charge in [0.05, 0.1) is 15.7 Å². The van der Waals surface area contributed by atoms with Crippen molar-refractivity contribution < 1.29 is 13.3 Å². The monoisotopic (exact) mass is 202 g/mol. The van der Waals surface area contributed by atoms with Gasteiger partial charge in [0.15, 0.2) is 0 Å². The number of halogens is 1. The average Bonchev–Trinajstić information content (AvgIpc) is 2.08. The van der Waals surface area contributed by atoms with E-state index in [9.17, 15) is 8.60 Å². The van der Waals surface area contributed by atoms with Crippen LogP contribution in [-0.4, -0.2) is 17.3 Å². The summed E-state index contributed by atoms with van der Waals surface area (Å²) in [5.74, 6) is 0.355. The molecule has 72 valence electrons. The van der Waals surface area contributed by atoms with Crippen molar-refractivity contribution in [1.29, 1.82) is 0 Å². The highest BCUT2D eigenvalue weighted by Gasteiger charge is 2.06. The van der Waals surface area contributed by atoms with Gasteiger partial charge in [0, 0.05) is 6.26 Å². The van der Waals surface area contributed by atoms with Crippen LogP contribution >= 0.6 is 0 Å². The SMILES string of the molecule is Cc1ccc(OCF)c(S(C)=O)c1. The van der Waals surface area contributed by atoms with E-state index >= 15 is 0 Å². The summed E-state index contributed by atoms with van der Waals surface area (Å²) in [4.78, 5) is 0.539. The van der Waals surface area contributed by atoms with E-state index in [1.54, 1.807) is 24.5 Å². The minimum Gasteiger partial charge on any atom is -0.462 e. The third-order valence-electron chi connectivity index (χ3n) is 1.62. The lowest BCUT2D eigenvalue weighted by Crippen LogP contribution is -1.97. The number of ether oxygens (including phenoxy) is 1. The van der Waals surface area contributed by atoms with Gasteiger partial charge in [-0.25, -0.2) is 4.39 Å². The fourth-order valence-electron chi connectivity index (χ4n) is 1.02. The first-order valence-electron chi connectivity index (χ1n) is 3.78. The van der Waals surface area contributed by atoms with Crippen LogP contribution in [-0.2, 0) is 10.8 Å². The molecule has 0 aliphatic rings. The van der Waals surface area contributed by atoms with Gasteiger partial charge >= 0.3 is 0 Å². The number of hydrogen-bond acceptors (Lipinski definition) is 2. The van der Waals surface area contributed by atoms with E-state index < -0.39 is 17.7 Å². The lowest BCUT2D eigenvalue weighted by atomic mass is 10.2. The Hall–Kier alpha value is -0.900. The molecular weight excluding hydrogens is 191 g/mol. The molecule has 0 aliphatic carbocycles. The van der Waals surface area contributed by atoms with E-state index in [1.165, 1.54) is 0 Å². The highest BCUT2D eigenvalue weighted by molar-refractivity contribution is 7.84. The number of hydrogen-bond donors (Lipinski definition) is 0. The molecule has 0 radical (unpaired) electrons. The highest BCUT2D eigenvalue weighted by atomic mass is 32.2. The van der Waals surface area contributed by atoms with Crippen LogP contribution < -0.4 is 4.74 Å². The van der Waals surface area contributed by atoms with E-state index in [-0.39, 0.29) is 0 Å². The van der Waals surface area contributed by atoms with Crippen molar-refractivity contribution in [1.82, 2.24) is 0 Å². The van der Waals surface area contributed by atoms with Gasteiger partial charge in [-0.15, -0.1) is 0 Å². The first-order chi connectivity index (χ1) is 6.15. The lowest BCUT2D eigenvalue weighted by molar-refractivity contribution is 0.187. The second-order valence-corrected chi connectivity index (χ2v) is 4.01. The molecule has 0 bridgehead atoms. The minimum absolute atomic E-state index is 0.355. The Kier molecular flexibility index (Phi) is 3.42. The molecule has 0 amide bonds. The third-order valence-corrected chi connectivity index (χ3v) is 2.56. The Morgan fingerprint density at radius 2 is 2.23 bits per heavy atom. The van der Waals surface area contributed by atoms with Gasteiger partial charge in [-0.3, -0.25) is 4.21 Å². The number of alkyl halides is 1. The summed E-state index contributed by atoms with van der Waals surface area (Å²) in [6.45, 7) is 0.989. The van der Waals surface area contributed by atoms with E-state index in [4.69, 9.17) is 4.74 Å². The molecule has 0 N–H and O–H groups in total. The molecule has 0 saturated heterocycles. The summed E-state index contributed by atoms with van der Waals surface area (Å²) in [5, 5.41) is 0. The van der Waals surface area contributed by atoms with Crippen LogP contribution in [0, 0.1) is 6.92 Å². The first kappa shape index (κ1) is 10.2. The first-order valence-corrected chi connectivity index (χ1v) is 5.34. The fourth-order valence-corrected chi connectivity index (χ4v) is 1.78. The van der Waals surface area contributed by atoms with Crippen LogP contribution in [0.15, 0.2) is 23.1 Å². The van der Waals surface area contributed by atoms with Crippen LogP contribution in [0.2, 0.25) is 0 Å². The molecule has 13 heavy (non-hydrogen) atoms. The van der Waals surface area contributed by atoms with Gasteiger partial charge in [0.2, 0.25) is 6.86 Å². The molecule has 4 heteroatoms. The Labute approximate surface area is 79.2 Å². The Morgan fingerprint density at radius 1 is 1.54 bits per heavy atom. The van der Waals surface area contributed by atoms with Crippen LogP contribution in [0.1, 0.15) is 5.56 Å². The Balaban J connectivity index is 3.10. The van der Waals surface area contributed by atoms with Gasteiger partial charge in [-0.1, -0.05) is 6.07 Å². The van der Waals surface area contributed by atoms with Gasteiger partial charge in [-0.05, 0) is 24.6 Å². The molecule has 2 nitrogen and oxygen atoms in total. The molecule has 1 aromatic carbocycles. The van der Waals surface area contributed by atoms with Crippen molar-refractivity contribution in [2.24, 2.45) is 0 Å². The summed E-state index contributed by atoms with van der Waals surface area (Å²) in [6.07, 6.45) is 1.54. The summed E-state index contributed by atoms with van der Waals surface area (Å²) >= 11 is 0. The number of benzene rings is 1. The van der Waals surface area contributed by atoms with E-state index in [2.05, 4.69) is 0 Å². The molecule has 0 fully saturated rings. The highest BCUT2D eigenvalue weighted by Crippen LogP contribution is 2.22. The van der Waals surface area contributed by atoms with Crippen molar-refractivity contribution in [2.45, 2.75) is 11.8 Å². The van der Waals surface area contributed by atoms with Crippen molar-refractivity contribution >= 4 is 10.8 Å². The maximum Gasteiger partial charge on any atom is 0.228 e. The Morgan fingerprint density at radius 3 is 2.77 bits per heavy atom. The standard InChI is InChI=1S/C9H11FO2S/c1-7-3-4-8(12-6-10)9(5-7)13(2)11/h3-5H,6H2,1-2H3. The average molecular weight is 202 g/mol. The topological polar surface area (TPSA) is 26.3 Å². The van der Waals surface area contributed by atoms with Crippen molar-refractivity contribution in [3.63, 3.8) is 0 Å². The van der Waals surface area contributed by atoms with Crippen molar-refractivity contribution in [2.75, 3.05) is 13.1 Å². The number of aryl methyl sites for hydroxylation is 1. The molecule has 1 rings (SSSR count). The maximum atomic E-state index is 11.9. The van der Waals surface area contributed by atoms with E-state index in [0.29, 0.717) is 10.6 Å². The van der Waals surface area contributed by atoms with Gasteiger partial charge in [-0.2, -0.15) is 0 Å². The van der Waals surface area contributed by atoms with Crippen LogP contribution in [0.4, 0.5) is 4.39 Å². The van der Waals surface area contributed by atoms with Crippen molar-refractivity contribution in [3.8, 4) is 5.75 Å². The molecule has 0 saturated carbocycles. The number of rotatable bonds is 3. The van der Waals surface area contributed by atoms with E-state index in [1.807, 2.05) is 6.92 Å². The third kappa shape index (κ3) is 2.52. The molecule has 1 aromatic rings. The van der Waals surface area contributed by atoms with Gasteiger partial charge in [0.25, 0.3) is 0 Å². The molecule has 0 spiro atoms. The summed E-state index contributed by atoms with van der Waals surface area (Å²) < 4.78 is 27.8. The molecular formula is C9H11FO2S. The zero-order valence-corrected chi connectivity index (χ0v) is 8.36. The van der Waals surface area contributed by atoms with Crippen LogP contribution in [0.5, 0.6) is 5.75 Å². The Bertz CT molecular complexity index is 325. The molecule has 1 atom stereocenters. The second-order valence-electron chi connectivity index (χ2n) is 2.66. The zero-order chi connectivity index (χ0) is 9.84. The normalized spacial score (nSPS) is 12.5. The molecule has 1 unspecified atom stereocenters. The predicted octanol–water partition coefficient (Wildman–Crippen LogP) is 2.04. The summed E-state index contributed by atoms with van der Waals surface area (Å²) in [6, 6.07) is 5.16. The van der Waals surface area contributed by atoms with Gasteiger partial charge < -0.3 is 4.74 Å². The lowest BCUT2D eigenvalue weighted by Gasteiger charge is -2.06. The largest absolute Gasteiger partial charge is 0.462 e. The summed E-state index contributed by atoms with van der Waals surface area (Å²) in [7, 11) is -1.14. The zero-order valence-electron chi connectivity index (χ0n) is 7.54. The maximum absolute atomic E-state index is 11.9. The molecule has 0 heterocycles. The second kappa shape index (κ2) is 4.37. The van der Waals surface area contributed by atoms with Crippen LogP contribution in [0.25, 0.3) is 0 Å². The minimum atomic E-state index is -1.14. The molecule has 0 aliphatic heterocycles. The smallest absolute Gasteiger partial charge is 0.228 e. The van der Waals surface area contributed by atoms with Crippen LogP contribution in [0.3, 0.4) is 0 Å². The quantitative estimate of drug-likeness (QED) is 0.749. The van der Waals surface area contributed by atoms with Crippen molar-refractivity contribution in [3.05, 3.63) is 23.8 Å². The van der Waals surface area contributed by atoms with Gasteiger partial charge in [0.1, 0.15) is 5.75 Å². The fraction of sp³-hybridized carbons (Fsp3) is 0.333.